The number of aliphatic hydroxyl groups is 1. The highest BCUT2D eigenvalue weighted by Gasteiger charge is 2.10. The third-order valence-electron chi connectivity index (χ3n) is 1.85. The molecular formula is C9H7BrClN3O. The molecule has 2 heterocycles. The molecule has 0 fully saturated rings. The van der Waals surface area contributed by atoms with Crippen molar-refractivity contribution in [2.75, 3.05) is 0 Å². The van der Waals surface area contributed by atoms with Crippen molar-refractivity contribution < 1.29 is 5.11 Å². The van der Waals surface area contributed by atoms with Gasteiger partial charge in [0, 0.05) is 6.20 Å². The molecule has 0 aromatic carbocycles. The van der Waals surface area contributed by atoms with Gasteiger partial charge in [-0.2, -0.15) is 5.10 Å². The molecular weight excluding hydrogens is 281 g/mol. The van der Waals surface area contributed by atoms with Crippen LogP contribution in [-0.2, 0) is 6.61 Å². The predicted molar refractivity (Wildman–Crippen MR) is 60.0 cm³/mol. The Morgan fingerprint density at radius 1 is 1.53 bits per heavy atom. The molecule has 78 valence electrons. The number of hydrogen-bond donors (Lipinski definition) is 1. The first-order valence-electron chi connectivity index (χ1n) is 4.18. The topological polar surface area (TPSA) is 50.9 Å². The molecule has 0 aliphatic heterocycles. The summed E-state index contributed by atoms with van der Waals surface area (Å²) in [6.45, 7) is -0.120. The van der Waals surface area contributed by atoms with Crippen LogP contribution in [0.15, 0.2) is 29.0 Å². The first kappa shape index (κ1) is 10.6. The fourth-order valence-corrected chi connectivity index (χ4v) is 1.84. The average molecular weight is 289 g/mol. The van der Waals surface area contributed by atoms with Crippen molar-refractivity contribution in [3.05, 3.63) is 39.7 Å². The summed E-state index contributed by atoms with van der Waals surface area (Å²) < 4.78 is 2.14. The lowest BCUT2D eigenvalue weighted by Gasteiger charge is -2.05. The first-order valence-corrected chi connectivity index (χ1v) is 5.35. The van der Waals surface area contributed by atoms with Crippen LogP contribution in [0.5, 0.6) is 0 Å². The molecule has 0 atom stereocenters. The molecule has 6 heteroatoms. The molecule has 0 radical (unpaired) electrons. The molecule has 0 aliphatic carbocycles. The Labute approximate surface area is 99.6 Å². The number of aliphatic hydroxyl groups excluding tert-OH is 1. The van der Waals surface area contributed by atoms with Crippen molar-refractivity contribution in [3.8, 4) is 5.82 Å². The number of halogens is 2. The van der Waals surface area contributed by atoms with Crippen LogP contribution in [0.2, 0.25) is 5.02 Å². The van der Waals surface area contributed by atoms with E-state index in [4.69, 9.17) is 16.7 Å². The summed E-state index contributed by atoms with van der Waals surface area (Å²) in [6, 6.07) is 5.18. The van der Waals surface area contributed by atoms with Crippen LogP contribution in [-0.4, -0.2) is 19.9 Å². The van der Waals surface area contributed by atoms with Gasteiger partial charge in [-0.05, 0) is 34.1 Å². The summed E-state index contributed by atoms with van der Waals surface area (Å²) in [6.07, 6.45) is 1.62. The van der Waals surface area contributed by atoms with Crippen LogP contribution in [0.25, 0.3) is 5.82 Å². The van der Waals surface area contributed by atoms with Crippen LogP contribution >= 0.6 is 27.5 Å². The Morgan fingerprint density at radius 2 is 2.33 bits per heavy atom. The van der Waals surface area contributed by atoms with Crippen LogP contribution in [0, 0.1) is 0 Å². The molecule has 0 spiro atoms. The zero-order valence-electron chi connectivity index (χ0n) is 7.56. The van der Waals surface area contributed by atoms with Gasteiger partial charge < -0.3 is 5.11 Å². The number of rotatable bonds is 2. The zero-order chi connectivity index (χ0) is 10.8. The lowest BCUT2D eigenvalue weighted by Crippen LogP contribution is -2.04. The number of hydrogen-bond acceptors (Lipinski definition) is 3. The summed E-state index contributed by atoms with van der Waals surface area (Å²) in [5.74, 6) is 0.508. The van der Waals surface area contributed by atoms with Gasteiger partial charge in [-0.1, -0.05) is 11.6 Å². The molecule has 0 saturated carbocycles. The summed E-state index contributed by atoms with van der Waals surface area (Å²) >= 11 is 9.21. The van der Waals surface area contributed by atoms with Gasteiger partial charge in [0.25, 0.3) is 0 Å². The SMILES string of the molecule is OCc1cc(Br)nn1-c1ncccc1Cl. The van der Waals surface area contributed by atoms with Crippen LogP contribution in [0.1, 0.15) is 5.69 Å². The van der Waals surface area contributed by atoms with E-state index >= 15 is 0 Å². The third-order valence-corrected chi connectivity index (χ3v) is 2.54. The maximum atomic E-state index is 9.13. The van der Waals surface area contributed by atoms with E-state index in [0.717, 1.165) is 0 Å². The van der Waals surface area contributed by atoms with Crippen molar-refractivity contribution in [2.24, 2.45) is 0 Å². The fourth-order valence-electron chi connectivity index (χ4n) is 1.22. The van der Waals surface area contributed by atoms with E-state index in [1.54, 1.807) is 24.4 Å². The molecule has 2 aromatic heterocycles. The molecule has 15 heavy (non-hydrogen) atoms. The smallest absolute Gasteiger partial charge is 0.172 e. The van der Waals surface area contributed by atoms with Crippen molar-refractivity contribution in [1.29, 1.82) is 0 Å². The Balaban J connectivity index is 2.58. The maximum Gasteiger partial charge on any atom is 0.172 e. The quantitative estimate of drug-likeness (QED) is 0.921. The van der Waals surface area contributed by atoms with Gasteiger partial charge >= 0.3 is 0 Å². The van der Waals surface area contributed by atoms with Gasteiger partial charge in [-0.3, -0.25) is 0 Å². The summed E-state index contributed by atoms with van der Waals surface area (Å²) in [7, 11) is 0. The number of nitrogens with zero attached hydrogens (tertiary/aromatic N) is 3. The van der Waals surface area contributed by atoms with E-state index in [1.165, 1.54) is 4.68 Å². The fraction of sp³-hybridized carbons (Fsp3) is 0.111. The van der Waals surface area contributed by atoms with Crippen molar-refractivity contribution in [3.63, 3.8) is 0 Å². The predicted octanol–water partition coefficient (Wildman–Crippen LogP) is 2.18. The molecule has 2 rings (SSSR count). The summed E-state index contributed by atoms with van der Waals surface area (Å²) in [4.78, 5) is 4.11. The van der Waals surface area contributed by atoms with E-state index in [9.17, 15) is 0 Å². The van der Waals surface area contributed by atoms with Crippen molar-refractivity contribution in [1.82, 2.24) is 14.8 Å². The van der Waals surface area contributed by atoms with Gasteiger partial charge in [-0.15, -0.1) is 0 Å². The Kier molecular flexibility index (Phi) is 3.04. The lowest BCUT2D eigenvalue weighted by molar-refractivity contribution is 0.273. The van der Waals surface area contributed by atoms with Gasteiger partial charge in [0.15, 0.2) is 5.82 Å². The van der Waals surface area contributed by atoms with E-state index in [1.807, 2.05) is 0 Å². The Bertz CT molecular complexity index is 486. The van der Waals surface area contributed by atoms with Crippen molar-refractivity contribution in [2.45, 2.75) is 6.61 Å². The highest BCUT2D eigenvalue weighted by molar-refractivity contribution is 9.10. The van der Waals surface area contributed by atoms with Crippen molar-refractivity contribution >= 4 is 27.5 Å². The van der Waals surface area contributed by atoms with Gasteiger partial charge in [-0.25, -0.2) is 9.67 Å². The third kappa shape index (κ3) is 2.04. The lowest BCUT2D eigenvalue weighted by atomic mass is 10.4. The maximum absolute atomic E-state index is 9.13. The van der Waals surface area contributed by atoms with Crippen LogP contribution in [0.4, 0.5) is 0 Å². The van der Waals surface area contributed by atoms with E-state index in [2.05, 4.69) is 26.0 Å². The molecule has 4 nitrogen and oxygen atoms in total. The second-order valence-electron chi connectivity index (χ2n) is 2.84. The summed E-state index contributed by atoms with van der Waals surface area (Å²) in [5, 5.41) is 13.8. The molecule has 0 unspecified atom stereocenters. The molecule has 0 aliphatic rings. The molecule has 0 amide bonds. The highest BCUT2D eigenvalue weighted by atomic mass is 79.9. The Morgan fingerprint density at radius 3 is 3.00 bits per heavy atom. The highest BCUT2D eigenvalue weighted by Crippen LogP contribution is 2.20. The molecule has 0 bridgehead atoms. The van der Waals surface area contributed by atoms with E-state index in [-0.39, 0.29) is 6.61 Å². The van der Waals surface area contributed by atoms with E-state index in [0.29, 0.717) is 21.1 Å². The normalized spacial score (nSPS) is 10.6. The standard InChI is InChI=1S/C9H7BrClN3O/c10-8-4-6(5-15)14(13-8)9-7(11)2-1-3-12-9/h1-4,15H,5H2. The minimum Gasteiger partial charge on any atom is -0.390 e. The van der Waals surface area contributed by atoms with Crippen LogP contribution in [0.3, 0.4) is 0 Å². The first-order chi connectivity index (χ1) is 7.22. The molecule has 1 N–H and O–H groups in total. The number of aromatic nitrogens is 3. The second kappa shape index (κ2) is 4.30. The summed E-state index contributed by atoms with van der Waals surface area (Å²) in [5.41, 5.74) is 0.627. The largest absolute Gasteiger partial charge is 0.390 e. The molecule has 0 saturated heterocycles. The van der Waals surface area contributed by atoms with Crippen LogP contribution < -0.4 is 0 Å². The second-order valence-corrected chi connectivity index (χ2v) is 4.06. The van der Waals surface area contributed by atoms with Gasteiger partial charge in [0.2, 0.25) is 0 Å². The monoisotopic (exact) mass is 287 g/mol. The minimum atomic E-state index is -0.120. The Hall–Kier alpha value is -0.910. The van der Waals surface area contributed by atoms with Gasteiger partial charge in [0.05, 0.1) is 17.3 Å². The zero-order valence-corrected chi connectivity index (χ0v) is 9.90. The average Bonchev–Trinajstić information content (AvgIpc) is 2.60. The van der Waals surface area contributed by atoms with E-state index < -0.39 is 0 Å². The minimum absolute atomic E-state index is 0.120. The number of pyridine rings is 1. The molecule has 2 aromatic rings. The van der Waals surface area contributed by atoms with Gasteiger partial charge in [0.1, 0.15) is 4.60 Å².